The highest BCUT2D eigenvalue weighted by Gasteiger charge is 2.36. The molecule has 1 aromatic carbocycles. The molecule has 0 saturated heterocycles. The van der Waals surface area contributed by atoms with Crippen molar-refractivity contribution in [1.29, 1.82) is 0 Å². The number of nitrogens with zero attached hydrogens (tertiary/aromatic N) is 3. The van der Waals surface area contributed by atoms with Crippen molar-refractivity contribution >= 4 is 33.3 Å². The molecule has 1 aliphatic heterocycles. The number of carbonyl (C=O) groups excluding carboxylic acids is 2. The molecule has 20 heavy (non-hydrogen) atoms. The van der Waals surface area contributed by atoms with Crippen molar-refractivity contribution in [2.75, 3.05) is 4.90 Å². The quantitative estimate of drug-likeness (QED) is 0.803. The number of ketones is 1. The predicted octanol–water partition coefficient (Wildman–Crippen LogP) is 2.12. The fraction of sp³-hybridized carbons (Fsp3) is 0.231. The largest absolute Gasteiger partial charge is 0.339 e. The van der Waals surface area contributed by atoms with Gasteiger partial charge >= 0.3 is 0 Å². The lowest BCUT2D eigenvalue weighted by Gasteiger charge is -2.13. The van der Waals surface area contributed by atoms with Crippen LogP contribution in [0.5, 0.6) is 0 Å². The summed E-state index contributed by atoms with van der Waals surface area (Å²) in [6, 6.07) is 5.15. The van der Waals surface area contributed by atoms with Crippen LogP contribution in [0.4, 0.5) is 5.69 Å². The molecule has 0 radical (unpaired) electrons. The summed E-state index contributed by atoms with van der Waals surface area (Å²) in [5, 5.41) is 3.80. The number of hydrogen-bond donors (Lipinski definition) is 0. The average Bonchev–Trinajstić information content (AvgIpc) is 2.99. The maximum absolute atomic E-state index is 12.0. The Kier molecular flexibility index (Phi) is 3.13. The Labute approximate surface area is 122 Å². The second-order valence-electron chi connectivity index (χ2n) is 4.34. The van der Waals surface area contributed by atoms with Gasteiger partial charge in [0.15, 0.2) is 5.82 Å². The van der Waals surface area contributed by atoms with E-state index in [1.165, 1.54) is 4.90 Å². The summed E-state index contributed by atoms with van der Waals surface area (Å²) in [4.78, 5) is 29.5. The zero-order chi connectivity index (χ0) is 14.3. The van der Waals surface area contributed by atoms with E-state index in [0.29, 0.717) is 29.4 Å². The molecule has 0 N–H and O–H groups in total. The van der Waals surface area contributed by atoms with Crippen molar-refractivity contribution < 1.29 is 14.1 Å². The Balaban J connectivity index is 1.95. The molecule has 0 spiro atoms. The summed E-state index contributed by atoms with van der Waals surface area (Å²) in [5.74, 6) is -0.186. The number of fused-ring (bicyclic) bond motifs is 1. The summed E-state index contributed by atoms with van der Waals surface area (Å²) in [7, 11) is 0. The normalized spacial score (nSPS) is 14.0. The standard InChI is InChI=1S/C13H10BrN3O3/c1-2-11-15-10(16-20-11)6-17-9-4-3-7(14)5-8(9)12(18)13(17)19/h3-5H,2,6H2,1H3. The van der Waals surface area contributed by atoms with Crippen LogP contribution in [0.1, 0.15) is 29.0 Å². The summed E-state index contributed by atoms with van der Waals surface area (Å²) in [6.07, 6.45) is 0.628. The van der Waals surface area contributed by atoms with Gasteiger partial charge in [-0.3, -0.25) is 14.5 Å². The van der Waals surface area contributed by atoms with Gasteiger partial charge in [-0.05, 0) is 18.2 Å². The number of halogens is 1. The third-order valence-corrected chi connectivity index (χ3v) is 3.54. The molecule has 2 heterocycles. The van der Waals surface area contributed by atoms with Gasteiger partial charge in [-0.2, -0.15) is 4.98 Å². The van der Waals surface area contributed by atoms with E-state index in [1.54, 1.807) is 18.2 Å². The van der Waals surface area contributed by atoms with Crippen LogP contribution in [-0.2, 0) is 17.8 Å². The minimum atomic E-state index is -0.569. The summed E-state index contributed by atoms with van der Waals surface area (Å²) >= 11 is 3.29. The van der Waals surface area contributed by atoms with Crippen LogP contribution in [0.25, 0.3) is 0 Å². The van der Waals surface area contributed by atoms with Gasteiger partial charge in [0.25, 0.3) is 11.7 Å². The van der Waals surface area contributed by atoms with E-state index in [0.717, 1.165) is 4.47 Å². The lowest BCUT2D eigenvalue weighted by atomic mass is 10.1. The van der Waals surface area contributed by atoms with Crippen molar-refractivity contribution in [3.05, 3.63) is 40.0 Å². The highest BCUT2D eigenvalue weighted by molar-refractivity contribution is 9.10. The molecule has 6 nitrogen and oxygen atoms in total. The fourth-order valence-corrected chi connectivity index (χ4v) is 2.43. The molecule has 0 saturated carbocycles. The number of anilines is 1. The summed E-state index contributed by atoms with van der Waals surface area (Å²) in [5.41, 5.74) is 0.967. The average molecular weight is 336 g/mol. The maximum atomic E-state index is 12.0. The first kappa shape index (κ1) is 13.0. The van der Waals surface area contributed by atoms with Crippen molar-refractivity contribution in [3.63, 3.8) is 0 Å². The smallest absolute Gasteiger partial charge is 0.299 e. The molecule has 0 aliphatic carbocycles. The molecule has 3 rings (SSSR count). The van der Waals surface area contributed by atoms with Gasteiger partial charge in [-0.15, -0.1) is 0 Å². The molecule has 0 atom stereocenters. The Bertz CT molecular complexity index is 711. The number of rotatable bonds is 3. The van der Waals surface area contributed by atoms with E-state index < -0.39 is 11.7 Å². The lowest BCUT2D eigenvalue weighted by molar-refractivity contribution is -0.114. The summed E-state index contributed by atoms with van der Waals surface area (Å²) in [6.45, 7) is 2.03. The zero-order valence-corrected chi connectivity index (χ0v) is 12.2. The molecule has 1 aliphatic rings. The third kappa shape index (κ3) is 2.03. The van der Waals surface area contributed by atoms with Gasteiger partial charge in [-0.1, -0.05) is 28.0 Å². The lowest BCUT2D eigenvalue weighted by Crippen LogP contribution is -2.29. The minimum Gasteiger partial charge on any atom is -0.339 e. The number of aromatic nitrogens is 2. The van der Waals surface area contributed by atoms with E-state index in [2.05, 4.69) is 26.1 Å². The Hall–Kier alpha value is -2.02. The van der Waals surface area contributed by atoms with Gasteiger partial charge in [0.05, 0.1) is 17.8 Å². The highest BCUT2D eigenvalue weighted by atomic mass is 79.9. The van der Waals surface area contributed by atoms with Crippen LogP contribution in [0.2, 0.25) is 0 Å². The van der Waals surface area contributed by atoms with Crippen molar-refractivity contribution in [3.8, 4) is 0 Å². The van der Waals surface area contributed by atoms with Gasteiger partial charge < -0.3 is 4.52 Å². The van der Waals surface area contributed by atoms with E-state index in [1.807, 2.05) is 6.92 Å². The van der Waals surface area contributed by atoms with E-state index in [-0.39, 0.29) is 6.54 Å². The molecule has 0 fully saturated rings. The fourth-order valence-electron chi connectivity index (χ4n) is 2.07. The number of benzene rings is 1. The molecular formula is C13H10BrN3O3. The van der Waals surface area contributed by atoms with Crippen LogP contribution in [0, 0.1) is 0 Å². The second-order valence-corrected chi connectivity index (χ2v) is 5.26. The second kappa shape index (κ2) is 4.82. The molecule has 7 heteroatoms. The van der Waals surface area contributed by atoms with Crippen LogP contribution in [0.15, 0.2) is 27.2 Å². The van der Waals surface area contributed by atoms with Gasteiger partial charge in [-0.25, -0.2) is 0 Å². The number of aryl methyl sites for hydroxylation is 1. The maximum Gasteiger partial charge on any atom is 0.299 e. The van der Waals surface area contributed by atoms with Gasteiger partial charge in [0.1, 0.15) is 0 Å². The molecular weight excluding hydrogens is 326 g/mol. The number of amides is 1. The highest BCUT2D eigenvalue weighted by Crippen LogP contribution is 2.32. The molecule has 0 unspecified atom stereocenters. The van der Waals surface area contributed by atoms with Crippen LogP contribution < -0.4 is 4.90 Å². The van der Waals surface area contributed by atoms with E-state index in [9.17, 15) is 9.59 Å². The molecule has 0 bridgehead atoms. The monoisotopic (exact) mass is 335 g/mol. The molecule has 1 amide bonds. The Morgan fingerprint density at radius 3 is 2.85 bits per heavy atom. The number of Topliss-reactive ketones (excluding diaryl/α,β-unsaturated/α-hetero) is 1. The Morgan fingerprint density at radius 1 is 1.35 bits per heavy atom. The Morgan fingerprint density at radius 2 is 2.15 bits per heavy atom. The van der Waals surface area contributed by atoms with Crippen molar-refractivity contribution in [2.45, 2.75) is 19.9 Å². The first-order valence-electron chi connectivity index (χ1n) is 6.07. The SMILES string of the molecule is CCc1nc(CN2C(=O)C(=O)c3cc(Br)ccc32)no1. The van der Waals surface area contributed by atoms with E-state index in [4.69, 9.17) is 4.52 Å². The van der Waals surface area contributed by atoms with Crippen molar-refractivity contribution in [2.24, 2.45) is 0 Å². The number of hydrogen-bond acceptors (Lipinski definition) is 5. The van der Waals surface area contributed by atoms with Crippen LogP contribution in [-0.4, -0.2) is 21.8 Å². The molecule has 102 valence electrons. The zero-order valence-electron chi connectivity index (χ0n) is 10.6. The molecule has 1 aromatic heterocycles. The third-order valence-electron chi connectivity index (χ3n) is 3.05. The minimum absolute atomic E-state index is 0.128. The van der Waals surface area contributed by atoms with E-state index >= 15 is 0 Å². The van der Waals surface area contributed by atoms with Crippen molar-refractivity contribution in [1.82, 2.24) is 10.1 Å². The predicted molar refractivity (Wildman–Crippen MR) is 73.3 cm³/mol. The van der Waals surface area contributed by atoms with Crippen LogP contribution in [0.3, 0.4) is 0 Å². The number of carbonyl (C=O) groups is 2. The molecule has 2 aromatic rings. The topological polar surface area (TPSA) is 76.3 Å². The summed E-state index contributed by atoms with van der Waals surface area (Å²) < 4.78 is 5.76. The first-order valence-corrected chi connectivity index (χ1v) is 6.86. The first-order chi connectivity index (χ1) is 9.60. The van der Waals surface area contributed by atoms with Gasteiger partial charge in [0.2, 0.25) is 5.89 Å². The van der Waals surface area contributed by atoms with Gasteiger partial charge in [0, 0.05) is 10.9 Å². The van der Waals surface area contributed by atoms with Crippen LogP contribution >= 0.6 is 15.9 Å².